The van der Waals surface area contributed by atoms with Crippen molar-refractivity contribution in [2.24, 2.45) is 0 Å². The average molecular weight is 857 g/mol. The summed E-state index contributed by atoms with van der Waals surface area (Å²) < 4.78 is 0. The first-order chi connectivity index (χ1) is 32.7. The fraction of sp³-hybridized carbons (Fsp3) is 0.104. The Morgan fingerprint density at radius 1 is 0.433 bits per heavy atom. The van der Waals surface area contributed by atoms with Crippen molar-refractivity contribution in [3.05, 3.63) is 264 Å². The molecule has 0 bridgehead atoms. The second-order valence-corrected chi connectivity index (χ2v) is 19.7. The molecule has 0 heterocycles. The molecule has 0 unspecified atom stereocenters. The van der Waals surface area contributed by atoms with Crippen LogP contribution < -0.4 is 0 Å². The Balaban J connectivity index is 1.18. The third-order valence-corrected chi connectivity index (χ3v) is 15.1. The minimum Gasteiger partial charge on any atom is -0.0908 e. The number of rotatable bonds is 6. The van der Waals surface area contributed by atoms with E-state index >= 15 is 0 Å². The van der Waals surface area contributed by atoms with Crippen molar-refractivity contribution >= 4 is 32.7 Å². The van der Waals surface area contributed by atoms with Gasteiger partial charge >= 0.3 is 0 Å². The molecule has 0 saturated heterocycles. The van der Waals surface area contributed by atoms with E-state index in [1.54, 1.807) is 0 Å². The van der Waals surface area contributed by atoms with Crippen LogP contribution in [-0.4, -0.2) is 0 Å². The Morgan fingerprint density at radius 2 is 0.985 bits per heavy atom. The van der Waals surface area contributed by atoms with Gasteiger partial charge in [0.2, 0.25) is 0 Å². The lowest BCUT2D eigenvalue weighted by Gasteiger charge is -2.25. The van der Waals surface area contributed by atoms with Crippen LogP contribution in [0.1, 0.15) is 61.9 Å². The topological polar surface area (TPSA) is 0 Å². The Kier molecular flexibility index (Phi) is 9.52. The fourth-order valence-corrected chi connectivity index (χ4v) is 11.6. The van der Waals surface area contributed by atoms with E-state index in [2.05, 4.69) is 246 Å². The summed E-state index contributed by atoms with van der Waals surface area (Å²) in [5.41, 5.74) is 23.5. The molecule has 0 aromatic heterocycles. The Hall–Kier alpha value is -7.80. The first-order valence-corrected chi connectivity index (χ1v) is 23.7. The van der Waals surface area contributed by atoms with Crippen molar-refractivity contribution in [2.75, 3.05) is 0 Å². The molecule has 3 aliphatic carbocycles. The first-order valence-electron chi connectivity index (χ1n) is 23.7. The molecule has 0 aliphatic heterocycles. The molecule has 9 aromatic rings. The summed E-state index contributed by atoms with van der Waals surface area (Å²) >= 11 is 0. The highest BCUT2D eigenvalue weighted by atomic mass is 14.4. The van der Waals surface area contributed by atoms with Crippen molar-refractivity contribution < 1.29 is 0 Å². The molecule has 0 nitrogen and oxygen atoms in total. The monoisotopic (exact) mass is 856 g/mol. The predicted octanol–water partition coefficient (Wildman–Crippen LogP) is 18.2. The number of benzene rings is 9. The molecule has 0 atom stereocenters. The maximum Gasteiger partial charge on any atom is 0.0159 e. The van der Waals surface area contributed by atoms with Gasteiger partial charge in [0, 0.05) is 10.8 Å². The van der Waals surface area contributed by atoms with Crippen LogP contribution in [0.5, 0.6) is 0 Å². The molecule has 0 N–H and O–H groups in total. The first kappa shape index (κ1) is 40.7. The molecule has 0 fully saturated rings. The Morgan fingerprint density at radius 3 is 1.66 bits per heavy atom. The SMILES string of the molecule is C=C1/C(=C\C(=C2\C=CC=CC2)c2c3ccccc3c(-c3cc(-c4ccccc4)cc(-c4ccccc4)c3)c3ccc(-c4ccc5c(c4)C(C)(C)c4ccccc4-5)cc23)C(C)(C)c2ccccc21. The van der Waals surface area contributed by atoms with E-state index in [9.17, 15) is 0 Å². The van der Waals surface area contributed by atoms with E-state index in [-0.39, 0.29) is 10.8 Å². The zero-order valence-electron chi connectivity index (χ0n) is 38.7. The van der Waals surface area contributed by atoms with Crippen LogP contribution in [0.25, 0.3) is 88.3 Å². The van der Waals surface area contributed by atoms with E-state index in [1.165, 1.54) is 122 Å². The van der Waals surface area contributed by atoms with Gasteiger partial charge in [0.1, 0.15) is 0 Å². The summed E-state index contributed by atoms with van der Waals surface area (Å²) in [5.74, 6) is 0. The number of hydrogen-bond acceptors (Lipinski definition) is 0. The van der Waals surface area contributed by atoms with Gasteiger partial charge in [0.05, 0.1) is 0 Å². The van der Waals surface area contributed by atoms with Gasteiger partial charge in [-0.1, -0.05) is 216 Å². The Labute approximate surface area is 395 Å². The highest BCUT2D eigenvalue weighted by Crippen LogP contribution is 2.53. The molecule has 320 valence electrons. The van der Waals surface area contributed by atoms with E-state index < -0.39 is 0 Å². The molecular weight excluding hydrogens is 805 g/mol. The molecule has 0 heteroatoms. The van der Waals surface area contributed by atoms with Gasteiger partial charge in [-0.25, -0.2) is 0 Å². The lowest BCUT2D eigenvalue weighted by Crippen LogP contribution is -2.15. The van der Waals surface area contributed by atoms with Crippen LogP contribution in [0.4, 0.5) is 0 Å². The van der Waals surface area contributed by atoms with Gasteiger partial charge in [-0.2, -0.15) is 0 Å². The summed E-state index contributed by atoms with van der Waals surface area (Å²) in [6.07, 6.45) is 12.4. The van der Waals surface area contributed by atoms with Crippen molar-refractivity contribution in [1.82, 2.24) is 0 Å². The van der Waals surface area contributed by atoms with Crippen LogP contribution in [0.2, 0.25) is 0 Å². The summed E-state index contributed by atoms with van der Waals surface area (Å²) in [4.78, 5) is 0. The quantitative estimate of drug-likeness (QED) is 0.146. The van der Waals surface area contributed by atoms with Gasteiger partial charge in [0.25, 0.3) is 0 Å². The van der Waals surface area contributed by atoms with Crippen molar-refractivity contribution in [3.8, 4) is 55.6 Å². The summed E-state index contributed by atoms with van der Waals surface area (Å²) in [6.45, 7) is 14.3. The second-order valence-electron chi connectivity index (χ2n) is 19.7. The maximum atomic E-state index is 4.80. The predicted molar refractivity (Wildman–Crippen MR) is 287 cm³/mol. The second kappa shape index (κ2) is 15.7. The van der Waals surface area contributed by atoms with Crippen LogP contribution in [0, 0.1) is 0 Å². The molecule has 0 saturated carbocycles. The highest BCUT2D eigenvalue weighted by Gasteiger charge is 2.38. The molecule has 12 rings (SSSR count). The average Bonchev–Trinajstić information content (AvgIpc) is 3.72. The van der Waals surface area contributed by atoms with E-state index in [4.69, 9.17) is 6.58 Å². The third-order valence-electron chi connectivity index (χ3n) is 15.1. The smallest absolute Gasteiger partial charge is 0.0159 e. The van der Waals surface area contributed by atoms with Crippen molar-refractivity contribution in [1.29, 1.82) is 0 Å². The standard InChI is InChI=1S/C67H52/c1-43-52-27-17-19-31-60(52)66(2,3)62(43)42-58(46-25-13-8-14-26-46)65-56-30-16-15-29-55(56)64(51-38-49(44-21-9-6-10-22-44)37-50(39-51)45-23-11-7-12-24-45)57-36-34-47(40-59(57)65)48-33-35-54-53-28-18-20-32-61(53)67(4,5)63(54)41-48/h6-25,27-42H,1,26H2,2-5H3/b58-46+,62-42+. The molecule has 9 aromatic carbocycles. The number of hydrogen-bond donors (Lipinski definition) is 0. The Bertz CT molecular complexity index is 3580. The molecule has 0 radical (unpaired) electrons. The minimum atomic E-state index is -0.231. The van der Waals surface area contributed by atoms with Crippen LogP contribution in [0.15, 0.2) is 236 Å². The summed E-state index contributed by atoms with van der Waals surface area (Å²) in [7, 11) is 0. The van der Waals surface area contributed by atoms with E-state index in [0.29, 0.717) is 0 Å². The molecule has 3 aliphatic rings. The van der Waals surface area contributed by atoms with E-state index in [0.717, 1.165) is 12.0 Å². The van der Waals surface area contributed by atoms with Crippen molar-refractivity contribution in [2.45, 2.75) is 44.9 Å². The van der Waals surface area contributed by atoms with E-state index in [1.807, 2.05) is 0 Å². The summed E-state index contributed by atoms with van der Waals surface area (Å²) in [6, 6.07) is 70.2. The van der Waals surface area contributed by atoms with Crippen molar-refractivity contribution in [3.63, 3.8) is 0 Å². The number of allylic oxidation sites excluding steroid dienone is 9. The molecular formula is C67H52. The van der Waals surface area contributed by atoms with Gasteiger partial charge < -0.3 is 0 Å². The molecule has 67 heavy (non-hydrogen) atoms. The lowest BCUT2D eigenvalue weighted by molar-refractivity contribution is 0.660. The lowest BCUT2D eigenvalue weighted by atomic mass is 9.78. The van der Waals surface area contributed by atoms with Gasteiger partial charge in [0.15, 0.2) is 0 Å². The van der Waals surface area contributed by atoms with Gasteiger partial charge in [-0.05, 0) is 170 Å². The van der Waals surface area contributed by atoms with Crippen LogP contribution in [0.3, 0.4) is 0 Å². The van der Waals surface area contributed by atoms with Crippen LogP contribution in [-0.2, 0) is 10.8 Å². The maximum absolute atomic E-state index is 4.80. The minimum absolute atomic E-state index is 0.105. The van der Waals surface area contributed by atoms with Crippen LogP contribution >= 0.6 is 0 Å². The molecule has 0 amide bonds. The zero-order chi connectivity index (χ0) is 45.4. The molecule has 0 spiro atoms. The van der Waals surface area contributed by atoms with Gasteiger partial charge in [-0.15, -0.1) is 0 Å². The largest absolute Gasteiger partial charge is 0.0908 e. The normalized spacial score (nSPS) is 16.7. The third kappa shape index (κ3) is 6.58. The summed E-state index contributed by atoms with van der Waals surface area (Å²) in [5, 5.41) is 4.94. The zero-order valence-corrected chi connectivity index (χ0v) is 38.7. The number of fused-ring (bicyclic) bond motifs is 6. The van der Waals surface area contributed by atoms with Gasteiger partial charge in [-0.3, -0.25) is 0 Å². The highest BCUT2D eigenvalue weighted by molar-refractivity contribution is 6.21. The fourth-order valence-electron chi connectivity index (χ4n) is 11.6.